The first-order chi connectivity index (χ1) is 45.1. The third kappa shape index (κ3) is 512. The van der Waals surface area contributed by atoms with Crippen molar-refractivity contribution in [3.05, 3.63) is 199 Å². The minimum atomic E-state index is 0. The fraction of sp³-hybridized carbons (Fsp3) is 0.680. The van der Waals surface area contributed by atoms with Gasteiger partial charge in [-0.15, -0.1) is 0 Å². The number of rotatable bonds is 0. The van der Waals surface area contributed by atoms with Gasteiger partial charge < -0.3 is 9.62 Å². The van der Waals surface area contributed by atoms with Gasteiger partial charge in [0.2, 0.25) is 0 Å². The Morgan fingerprint density at radius 3 is 0.617 bits per heavy atom. The fourth-order valence-electron chi connectivity index (χ4n) is 2.73. The predicted octanol–water partition coefficient (Wildman–Crippen LogP) is 37.0. The van der Waals surface area contributed by atoms with Crippen LogP contribution in [0.4, 0.5) is 0 Å². The van der Waals surface area contributed by atoms with E-state index in [0.29, 0.717) is 27.1 Å². The molecule has 0 saturated heterocycles. The van der Waals surface area contributed by atoms with E-state index in [-0.39, 0.29) is 52.0 Å². The molecule has 107 heavy (non-hydrogen) atoms. The molecule has 0 amide bonds. The van der Waals surface area contributed by atoms with Gasteiger partial charge in [-0.05, 0) is 133 Å². The fourth-order valence-corrected chi connectivity index (χ4v) is 3.19. The van der Waals surface area contributed by atoms with Crippen molar-refractivity contribution in [1.82, 2.24) is 15.0 Å². The molecule has 0 N–H and O–H groups in total. The molecule has 0 unspecified atom stereocenters. The number of benzene rings is 1. The summed E-state index contributed by atoms with van der Waals surface area (Å²) in [5.74, 6) is 7.50. The van der Waals surface area contributed by atoms with Crippen molar-refractivity contribution >= 4 is 11.3 Å². The van der Waals surface area contributed by atoms with E-state index in [9.17, 15) is 5.21 Å². The van der Waals surface area contributed by atoms with E-state index in [1.54, 1.807) is 72.9 Å². The Hall–Kier alpha value is -5.14. The van der Waals surface area contributed by atoms with Crippen LogP contribution in [0.1, 0.15) is 382 Å². The molecular formula is C100H208N4O2S. The van der Waals surface area contributed by atoms with Gasteiger partial charge in [-0.2, -0.15) is 16.1 Å². The van der Waals surface area contributed by atoms with E-state index in [4.69, 9.17) is 0 Å². The van der Waals surface area contributed by atoms with Crippen LogP contribution in [-0.4, -0.2) is 15.0 Å². The Morgan fingerprint density at radius 1 is 0.308 bits per heavy atom. The Balaban J connectivity index is -0.0000000415. The van der Waals surface area contributed by atoms with Crippen LogP contribution in [0.5, 0.6) is 0 Å². The number of nitrogens with zero attached hydrogens (tertiary/aromatic N) is 4. The predicted molar refractivity (Wildman–Crippen MR) is 515 cm³/mol. The summed E-state index contributed by atoms with van der Waals surface area (Å²) in [6.07, 6.45) is 24.0. The maximum atomic E-state index is 10.2. The molecule has 0 saturated carbocycles. The first kappa shape index (κ1) is 155. The van der Waals surface area contributed by atoms with Gasteiger partial charge in [0.1, 0.15) is 6.33 Å². The maximum absolute atomic E-state index is 10.2. The molecule has 1 aliphatic carbocycles. The van der Waals surface area contributed by atoms with E-state index in [1.165, 1.54) is 24.3 Å². The van der Waals surface area contributed by atoms with Crippen molar-refractivity contribution < 1.29 is 9.15 Å². The number of hydrogen-bond donors (Lipinski definition) is 0. The van der Waals surface area contributed by atoms with Crippen LogP contribution in [0.25, 0.3) is 0 Å². The molecule has 6 aromatic rings. The zero-order valence-electron chi connectivity index (χ0n) is 75.8. The van der Waals surface area contributed by atoms with Gasteiger partial charge in [0.05, 0.1) is 12.5 Å². The van der Waals surface area contributed by atoms with Gasteiger partial charge in [-0.3, -0.25) is 4.98 Å². The van der Waals surface area contributed by atoms with Crippen LogP contribution in [0.15, 0.2) is 193 Å². The van der Waals surface area contributed by atoms with E-state index >= 15 is 0 Å². The van der Waals surface area contributed by atoms with Crippen molar-refractivity contribution in [2.24, 2.45) is 74.9 Å². The molecule has 646 valence electrons. The Bertz CT molecular complexity index is 1880. The lowest BCUT2D eigenvalue weighted by Crippen LogP contribution is -2.22. The van der Waals surface area contributed by atoms with E-state index in [1.807, 2.05) is 53.2 Å². The quantitative estimate of drug-likeness (QED) is 0.112. The molecular weight excluding hydrogens is 1320 g/mol. The first-order valence-corrected chi connectivity index (χ1v) is 38.5. The average molecular weight is 1530 g/mol. The van der Waals surface area contributed by atoms with E-state index in [2.05, 4.69) is 392 Å². The van der Waals surface area contributed by atoms with Crippen LogP contribution in [0.2, 0.25) is 0 Å². The summed E-state index contributed by atoms with van der Waals surface area (Å²) in [7, 11) is 0. The monoisotopic (exact) mass is 1530 g/mol. The number of hydrogen-bond acceptors (Lipinski definition) is 6. The van der Waals surface area contributed by atoms with Crippen LogP contribution in [0.3, 0.4) is 0 Å². The van der Waals surface area contributed by atoms with E-state index < -0.39 is 0 Å². The minimum absolute atomic E-state index is 0. The van der Waals surface area contributed by atoms with Gasteiger partial charge in [-0.1, -0.05) is 449 Å². The van der Waals surface area contributed by atoms with Crippen LogP contribution in [-0.2, 0) is 5.41 Å². The molecule has 5 aromatic heterocycles. The zero-order valence-corrected chi connectivity index (χ0v) is 76.6. The molecule has 0 bridgehead atoms. The molecule has 0 aliphatic heterocycles. The summed E-state index contributed by atoms with van der Waals surface area (Å²) < 4.78 is 5.33. The molecule has 0 spiro atoms. The lowest BCUT2D eigenvalue weighted by atomic mass is 9.87. The van der Waals surface area contributed by atoms with Crippen molar-refractivity contribution in [1.29, 1.82) is 0 Å². The summed E-state index contributed by atoms with van der Waals surface area (Å²) in [5.41, 5.74) is 3.69. The SMILES string of the molecule is C.C.C.C.C.C.C.C1=CCC=C1.CC(C)(C)C.CC(C)(C)C.CC(C)(C)C.CC(C)(C)C.CC(C)(C)c1ccccc1.CC(C)C.CC(C)C.CC(C)C.CC(C)C.CC(C)C.CC(C)C.CC(C)C.CC(C)C.CC(C)C.[O-][n+]1ccccc1.c1ccncc1.c1ccoc1.c1ccsc1.c1cncnc1. The third-order valence-corrected chi connectivity index (χ3v) is 5.51. The van der Waals surface area contributed by atoms with Crippen molar-refractivity contribution in [3.63, 3.8) is 0 Å². The smallest absolute Gasteiger partial charge is 0.180 e. The second-order valence-corrected chi connectivity index (χ2v) is 37.9. The van der Waals surface area contributed by atoms with Crippen molar-refractivity contribution in [2.45, 2.75) is 382 Å². The number of allylic oxidation sites excluding steroid dienone is 4. The van der Waals surface area contributed by atoms with Gasteiger partial charge >= 0.3 is 0 Å². The second-order valence-electron chi connectivity index (χ2n) is 37.0. The highest BCUT2D eigenvalue weighted by molar-refractivity contribution is 7.07. The Morgan fingerprint density at radius 2 is 0.523 bits per heavy atom. The highest BCUT2D eigenvalue weighted by Crippen LogP contribution is 2.20. The molecule has 7 heteroatoms. The van der Waals surface area contributed by atoms with E-state index in [0.717, 1.165) is 64.4 Å². The number of furan rings is 1. The number of aromatic nitrogens is 4. The number of thiophene rings is 1. The Kier molecular flexibility index (Phi) is 162. The zero-order chi connectivity index (χ0) is 82.0. The van der Waals surface area contributed by atoms with Crippen LogP contribution in [0, 0.1) is 80.1 Å². The summed E-state index contributed by atoms with van der Waals surface area (Å²) >= 11 is 1.71. The third-order valence-electron chi connectivity index (χ3n) is 4.88. The van der Waals surface area contributed by atoms with Gasteiger partial charge in [0.25, 0.3) is 0 Å². The largest absolute Gasteiger partial charge is 0.619 e. The highest BCUT2D eigenvalue weighted by Gasteiger charge is 2.11. The van der Waals surface area contributed by atoms with Crippen molar-refractivity contribution in [3.8, 4) is 0 Å². The topological polar surface area (TPSA) is 78.8 Å². The lowest BCUT2D eigenvalue weighted by molar-refractivity contribution is -0.605. The molecule has 0 atom stereocenters. The molecule has 0 fully saturated rings. The first-order valence-electron chi connectivity index (χ1n) is 37.6. The normalized spacial score (nSPS) is 9.37. The lowest BCUT2D eigenvalue weighted by Gasteiger charge is -2.18. The second kappa shape index (κ2) is 112. The number of pyridine rings is 2. The van der Waals surface area contributed by atoms with Gasteiger partial charge in [-0.25, -0.2) is 9.97 Å². The standard InChI is InChI=1S/C10H14.C5H5NO.C5H5N.C5H6.4C5H12.C4H4N2.C4H4O.C4H4S.9C4H10.7CH4/c1-10(2,3)9-7-5-4-6-8-9;7-6-4-2-1-3-5-6;1-2-4-6-5-3-1;1-2-4-5-3-1;4*1-5(2,3)4;1-2-5-4-6-3-1;2*1-2-4-5-3-1;9*1-4(2)3;;;;;;;/h4-8H,1-3H3;1-5H;1-5H;1-4H,5H2;4*1-4H3;1-4H;2*1-4H;9*4H,1-3H3;7*1H4. The highest BCUT2D eigenvalue weighted by atomic mass is 32.1. The summed E-state index contributed by atoms with van der Waals surface area (Å²) in [6, 6.07) is 30.9. The molecule has 1 aliphatic rings. The molecule has 6 nitrogen and oxygen atoms in total. The molecule has 5 heterocycles. The maximum Gasteiger partial charge on any atom is 0.180 e. The van der Waals surface area contributed by atoms with Gasteiger partial charge in [0.15, 0.2) is 12.4 Å². The van der Waals surface area contributed by atoms with Crippen LogP contribution >= 0.6 is 11.3 Å². The molecule has 1 aromatic carbocycles. The summed E-state index contributed by atoms with van der Waals surface area (Å²) in [5, 5.41) is 14.3. The molecule has 0 radical (unpaired) electrons. The molecule has 7 rings (SSSR count). The summed E-state index contributed by atoms with van der Waals surface area (Å²) in [4.78, 5) is 11.1. The van der Waals surface area contributed by atoms with Crippen molar-refractivity contribution in [2.75, 3.05) is 0 Å². The Labute approximate surface area is 687 Å². The average Bonchev–Trinajstić information content (AvgIpc) is 1.61. The van der Waals surface area contributed by atoms with Gasteiger partial charge in [0, 0.05) is 36.9 Å². The summed E-state index contributed by atoms with van der Waals surface area (Å²) in [6.45, 7) is 100. The van der Waals surface area contributed by atoms with Crippen LogP contribution < -0.4 is 4.73 Å². The minimum Gasteiger partial charge on any atom is -0.619 e.